The third kappa shape index (κ3) is 5.46. The maximum absolute atomic E-state index is 12.6. The molecule has 25 heavy (non-hydrogen) atoms. The van der Waals surface area contributed by atoms with Crippen LogP contribution in [0.25, 0.3) is 0 Å². The van der Waals surface area contributed by atoms with Crippen LogP contribution in [0.3, 0.4) is 0 Å². The van der Waals surface area contributed by atoms with Crippen molar-refractivity contribution in [3.05, 3.63) is 29.8 Å². The van der Waals surface area contributed by atoms with E-state index in [4.69, 9.17) is 0 Å². The van der Waals surface area contributed by atoms with Crippen LogP contribution < -0.4 is 5.32 Å². The number of hydrogen-bond acceptors (Lipinski definition) is 3. The summed E-state index contributed by atoms with van der Waals surface area (Å²) >= 11 is 0. The maximum Gasteiger partial charge on any atom is 0.193 e. The van der Waals surface area contributed by atoms with E-state index in [1.165, 1.54) is 12.8 Å². The highest BCUT2D eigenvalue weighted by Gasteiger charge is 2.19. The van der Waals surface area contributed by atoms with Crippen molar-refractivity contribution < 1.29 is 8.42 Å². The second kappa shape index (κ2) is 8.21. The summed E-state index contributed by atoms with van der Waals surface area (Å²) in [4.78, 5) is 7.09. The van der Waals surface area contributed by atoms with Crippen LogP contribution in [0.2, 0.25) is 0 Å². The SMILES string of the molecule is CCNC(=NCCS(=O)(=O)c1ccc(C(C)(C)C)cc1)N1CCCC1. The van der Waals surface area contributed by atoms with Gasteiger partial charge in [-0.15, -0.1) is 0 Å². The Morgan fingerprint density at radius 1 is 1.16 bits per heavy atom. The van der Waals surface area contributed by atoms with Gasteiger partial charge in [0.05, 0.1) is 17.2 Å². The van der Waals surface area contributed by atoms with Gasteiger partial charge in [0.2, 0.25) is 0 Å². The number of guanidine groups is 1. The van der Waals surface area contributed by atoms with Crippen LogP contribution >= 0.6 is 0 Å². The standard InChI is InChI=1S/C19H31N3O2S/c1-5-20-18(22-13-6-7-14-22)21-12-15-25(23,24)17-10-8-16(9-11-17)19(2,3)4/h8-11H,5-7,12-15H2,1-4H3,(H,20,21). The first kappa shape index (κ1) is 19.8. The average molecular weight is 366 g/mol. The molecule has 5 nitrogen and oxygen atoms in total. The fourth-order valence-corrected chi connectivity index (χ4v) is 4.02. The Morgan fingerprint density at radius 2 is 1.76 bits per heavy atom. The van der Waals surface area contributed by atoms with E-state index in [2.05, 4.69) is 36.0 Å². The molecule has 0 amide bonds. The third-order valence-corrected chi connectivity index (χ3v) is 6.15. The van der Waals surface area contributed by atoms with Gasteiger partial charge in [-0.2, -0.15) is 0 Å². The molecule has 0 bridgehead atoms. The second-order valence-corrected chi connectivity index (χ2v) is 9.63. The molecular weight excluding hydrogens is 334 g/mol. The van der Waals surface area contributed by atoms with E-state index in [0.29, 0.717) is 4.90 Å². The van der Waals surface area contributed by atoms with Crippen LogP contribution in [0, 0.1) is 0 Å². The smallest absolute Gasteiger partial charge is 0.193 e. The largest absolute Gasteiger partial charge is 0.357 e. The lowest BCUT2D eigenvalue weighted by Gasteiger charge is -2.20. The van der Waals surface area contributed by atoms with E-state index < -0.39 is 9.84 Å². The molecular formula is C19H31N3O2S. The van der Waals surface area contributed by atoms with Crippen molar-refractivity contribution in [1.82, 2.24) is 10.2 Å². The molecule has 140 valence electrons. The Bertz CT molecular complexity index is 682. The number of likely N-dealkylation sites (tertiary alicyclic amines) is 1. The van der Waals surface area contributed by atoms with Crippen LogP contribution in [0.5, 0.6) is 0 Å². The van der Waals surface area contributed by atoms with Crippen molar-refractivity contribution >= 4 is 15.8 Å². The number of rotatable bonds is 5. The Hall–Kier alpha value is -1.56. The highest BCUT2D eigenvalue weighted by atomic mass is 32.2. The Labute approximate surface area is 152 Å². The zero-order chi connectivity index (χ0) is 18.5. The summed E-state index contributed by atoms with van der Waals surface area (Å²) in [7, 11) is -3.31. The second-order valence-electron chi connectivity index (χ2n) is 7.52. The van der Waals surface area contributed by atoms with Crippen LogP contribution in [-0.2, 0) is 15.3 Å². The molecule has 1 saturated heterocycles. The van der Waals surface area contributed by atoms with Gasteiger partial charge >= 0.3 is 0 Å². The number of sulfone groups is 1. The molecule has 1 N–H and O–H groups in total. The van der Waals surface area contributed by atoms with Crippen molar-refractivity contribution in [3.8, 4) is 0 Å². The van der Waals surface area contributed by atoms with E-state index in [1.54, 1.807) is 12.1 Å². The van der Waals surface area contributed by atoms with E-state index in [1.807, 2.05) is 19.1 Å². The molecule has 0 spiro atoms. The van der Waals surface area contributed by atoms with Crippen molar-refractivity contribution in [2.45, 2.75) is 50.8 Å². The molecule has 1 aliphatic heterocycles. The van der Waals surface area contributed by atoms with Gasteiger partial charge in [0.25, 0.3) is 0 Å². The molecule has 1 aromatic carbocycles. The lowest BCUT2D eigenvalue weighted by Crippen LogP contribution is -2.39. The topological polar surface area (TPSA) is 61.8 Å². The normalized spacial score (nSPS) is 16.3. The summed E-state index contributed by atoms with van der Waals surface area (Å²) in [6.45, 7) is 11.4. The Morgan fingerprint density at radius 3 is 2.28 bits per heavy atom. The molecule has 1 aromatic rings. The predicted molar refractivity (Wildman–Crippen MR) is 104 cm³/mol. The first-order valence-corrected chi connectivity index (χ1v) is 10.8. The van der Waals surface area contributed by atoms with Gasteiger partial charge in [0.15, 0.2) is 15.8 Å². The fourth-order valence-electron chi connectivity index (χ4n) is 2.91. The monoisotopic (exact) mass is 365 g/mol. The number of aliphatic imine (C=N–C) groups is 1. The minimum atomic E-state index is -3.31. The van der Waals surface area contributed by atoms with Crippen LogP contribution in [-0.4, -0.2) is 51.2 Å². The van der Waals surface area contributed by atoms with Crippen LogP contribution in [0.4, 0.5) is 0 Å². The highest BCUT2D eigenvalue weighted by Crippen LogP contribution is 2.23. The summed E-state index contributed by atoms with van der Waals surface area (Å²) in [5.41, 5.74) is 1.15. The summed E-state index contributed by atoms with van der Waals surface area (Å²) in [5.74, 6) is 0.864. The van der Waals surface area contributed by atoms with E-state index in [9.17, 15) is 8.42 Å². The molecule has 0 saturated carbocycles. The predicted octanol–water partition coefficient (Wildman–Crippen LogP) is 2.82. The molecule has 0 unspecified atom stereocenters. The van der Waals surface area contributed by atoms with E-state index in [-0.39, 0.29) is 17.7 Å². The zero-order valence-corrected chi connectivity index (χ0v) is 16.7. The van der Waals surface area contributed by atoms with Gasteiger partial charge in [0.1, 0.15) is 0 Å². The van der Waals surface area contributed by atoms with Gasteiger partial charge in [-0.25, -0.2) is 8.42 Å². The first-order chi connectivity index (χ1) is 11.7. The van der Waals surface area contributed by atoms with Crippen LogP contribution in [0.15, 0.2) is 34.2 Å². The summed E-state index contributed by atoms with van der Waals surface area (Å²) in [6, 6.07) is 7.24. The van der Waals surface area contributed by atoms with E-state index >= 15 is 0 Å². The summed E-state index contributed by atoms with van der Waals surface area (Å²) in [6.07, 6.45) is 2.34. The minimum absolute atomic E-state index is 0.0169. The average Bonchev–Trinajstić information content (AvgIpc) is 3.07. The number of nitrogens with zero attached hydrogens (tertiary/aromatic N) is 2. The maximum atomic E-state index is 12.6. The number of benzene rings is 1. The summed E-state index contributed by atoms with van der Waals surface area (Å²) in [5, 5.41) is 3.26. The van der Waals surface area contributed by atoms with Crippen molar-refractivity contribution in [2.75, 3.05) is 31.9 Å². The Balaban J connectivity index is 2.03. The molecule has 0 aromatic heterocycles. The molecule has 1 aliphatic rings. The van der Waals surface area contributed by atoms with Crippen molar-refractivity contribution in [1.29, 1.82) is 0 Å². The Kier molecular flexibility index (Phi) is 6.49. The molecule has 6 heteroatoms. The van der Waals surface area contributed by atoms with Crippen LogP contribution in [0.1, 0.15) is 46.1 Å². The molecule has 0 atom stereocenters. The van der Waals surface area contributed by atoms with Gasteiger partial charge in [0, 0.05) is 19.6 Å². The van der Waals surface area contributed by atoms with Crippen molar-refractivity contribution in [2.24, 2.45) is 4.99 Å². The molecule has 0 aliphatic carbocycles. The summed E-state index contributed by atoms with van der Waals surface area (Å²) < 4.78 is 25.1. The van der Waals surface area contributed by atoms with Gasteiger partial charge in [-0.3, -0.25) is 4.99 Å². The third-order valence-electron chi connectivity index (χ3n) is 4.44. The van der Waals surface area contributed by atoms with Crippen molar-refractivity contribution in [3.63, 3.8) is 0 Å². The first-order valence-electron chi connectivity index (χ1n) is 9.10. The number of nitrogens with one attached hydrogen (secondary N) is 1. The molecule has 0 radical (unpaired) electrons. The lowest BCUT2D eigenvalue weighted by molar-refractivity contribution is 0.494. The minimum Gasteiger partial charge on any atom is -0.357 e. The van der Waals surface area contributed by atoms with Gasteiger partial charge in [-0.05, 0) is 42.9 Å². The zero-order valence-electron chi connectivity index (χ0n) is 15.9. The molecule has 1 heterocycles. The van der Waals surface area contributed by atoms with E-state index in [0.717, 1.165) is 31.2 Å². The van der Waals surface area contributed by atoms with Gasteiger partial charge in [-0.1, -0.05) is 32.9 Å². The lowest BCUT2D eigenvalue weighted by atomic mass is 9.87. The quantitative estimate of drug-likeness (QED) is 0.644. The number of hydrogen-bond donors (Lipinski definition) is 1. The molecule has 2 rings (SSSR count). The van der Waals surface area contributed by atoms with Gasteiger partial charge < -0.3 is 10.2 Å². The fraction of sp³-hybridized carbons (Fsp3) is 0.632. The molecule has 1 fully saturated rings. The highest BCUT2D eigenvalue weighted by molar-refractivity contribution is 7.91.